The largest absolute Gasteiger partial charge is 0.467 e. The van der Waals surface area contributed by atoms with Crippen molar-refractivity contribution in [2.45, 2.75) is 35.4 Å². The molecule has 0 aliphatic rings. The lowest BCUT2D eigenvalue weighted by atomic mass is 10.2. The van der Waals surface area contributed by atoms with Gasteiger partial charge in [0.1, 0.15) is 5.76 Å². The molecule has 0 fully saturated rings. The number of fused-ring (bicyclic) bond motifs is 1. The van der Waals surface area contributed by atoms with Crippen LogP contribution in [0.4, 0.5) is 5.13 Å². The topological polar surface area (TPSA) is 46.3 Å². The first kappa shape index (κ1) is 21.0. The number of thioether (sulfide) groups is 2. The van der Waals surface area contributed by atoms with Gasteiger partial charge in [0, 0.05) is 20.6 Å². The van der Waals surface area contributed by atoms with Crippen LogP contribution in [0.1, 0.15) is 30.0 Å². The summed E-state index contributed by atoms with van der Waals surface area (Å²) in [6.07, 6.45) is 3.67. The van der Waals surface area contributed by atoms with Crippen molar-refractivity contribution in [2.24, 2.45) is 0 Å². The number of anilines is 1. The van der Waals surface area contributed by atoms with E-state index >= 15 is 0 Å². The van der Waals surface area contributed by atoms with Gasteiger partial charge in [-0.25, -0.2) is 4.98 Å². The van der Waals surface area contributed by atoms with Crippen molar-refractivity contribution >= 4 is 56.1 Å². The molecule has 30 heavy (non-hydrogen) atoms. The van der Waals surface area contributed by atoms with Crippen LogP contribution in [-0.4, -0.2) is 22.4 Å². The normalized spacial score (nSPS) is 11.3. The number of nitrogens with zero attached hydrogens (tertiary/aromatic N) is 2. The lowest BCUT2D eigenvalue weighted by molar-refractivity contribution is 0.0983. The lowest BCUT2D eigenvalue weighted by Crippen LogP contribution is -2.30. The van der Waals surface area contributed by atoms with E-state index in [1.165, 1.54) is 11.3 Å². The molecule has 2 aromatic carbocycles. The molecule has 1 amide bonds. The summed E-state index contributed by atoms with van der Waals surface area (Å²) in [6.45, 7) is 4.63. The first-order valence-corrected chi connectivity index (χ1v) is 12.5. The summed E-state index contributed by atoms with van der Waals surface area (Å²) in [5.74, 6) is 0.641. The van der Waals surface area contributed by atoms with Gasteiger partial charge in [-0.3, -0.25) is 9.69 Å². The number of benzene rings is 2. The van der Waals surface area contributed by atoms with Crippen molar-refractivity contribution in [1.29, 1.82) is 0 Å². The van der Waals surface area contributed by atoms with E-state index in [2.05, 4.69) is 19.9 Å². The summed E-state index contributed by atoms with van der Waals surface area (Å²) < 4.78 is 6.61. The fraction of sp³-hybridized carbons (Fsp3) is 0.217. The second-order valence-corrected chi connectivity index (χ2v) is 10.5. The molecular weight excluding hydrogens is 432 g/mol. The van der Waals surface area contributed by atoms with Gasteiger partial charge in [-0.05, 0) is 48.7 Å². The Bertz CT molecular complexity index is 1150. The summed E-state index contributed by atoms with van der Waals surface area (Å²) in [5.41, 5.74) is 1.59. The van der Waals surface area contributed by atoms with E-state index in [-0.39, 0.29) is 5.91 Å². The van der Waals surface area contributed by atoms with E-state index in [9.17, 15) is 4.79 Å². The van der Waals surface area contributed by atoms with Crippen LogP contribution in [0.15, 0.2) is 75.1 Å². The number of aromatic nitrogens is 1. The van der Waals surface area contributed by atoms with Crippen LogP contribution in [0, 0.1) is 0 Å². The van der Waals surface area contributed by atoms with E-state index in [0.717, 1.165) is 25.8 Å². The van der Waals surface area contributed by atoms with Crippen molar-refractivity contribution in [2.75, 3.05) is 11.2 Å². The maximum absolute atomic E-state index is 13.6. The molecule has 0 N–H and O–H groups in total. The molecule has 4 rings (SSSR count). The minimum Gasteiger partial charge on any atom is -0.467 e. The van der Waals surface area contributed by atoms with Gasteiger partial charge in [-0.2, -0.15) is 0 Å². The van der Waals surface area contributed by atoms with Crippen LogP contribution < -0.4 is 4.90 Å². The highest BCUT2D eigenvalue weighted by atomic mass is 32.2. The first-order chi connectivity index (χ1) is 14.5. The molecule has 7 heteroatoms. The number of hydrogen-bond acceptors (Lipinski definition) is 6. The number of carbonyl (C=O) groups excluding carboxylic acids is 1. The van der Waals surface area contributed by atoms with E-state index in [1.54, 1.807) is 34.7 Å². The molecule has 0 saturated heterocycles. The van der Waals surface area contributed by atoms with Crippen LogP contribution in [0.5, 0.6) is 0 Å². The summed E-state index contributed by atoms with van der Waals surface area (Å²) in [5, 5.41) is 1.12. The molecule has 2 heterocycles. The average Bonchev–Trinajstić information content (AvgIpc) is 3.40. The molecular formula is C23H22N2O2S3. The van der Waals surface area contributed by atoms with Gasteiger partial charge in [0.05, 0.1) is 23.0 Å². The predicted molar refractivity (Wildman–Crippen MR) is 128 cm³/mol. The van der Waals surface area contributed by atoms with Gasteiger partial charge in [0.25, 0.3) is 5.91 Å². The monoisotopic (exact) mass is 454 g/mol. The van der Waals surface area contributed by atoms with Gasteiger partial charge in [0.15, 0.2) is 5.13 Å². The van der Waals surface area contributed by atoms with Gasteiger partial charge in [-0.1, -0.05) is 37.3 Å². The Morgan fingerprint density at radius 1 is 1.17 bits per heavy atom. The fourth-order valence-electron chi connectivity index (χ4n) is 3.11. The van der Waals surface area contributed by atoms with Gasteiger partial charge < -0.3 is 4.42 Å². The Morgan fingerprint density at radius 2 is 2.00 bits per heavy atom. The average molecular weight is 455 g/mol. The van der Waals surface area contributed by atoms with E-state index in [4.69, 9.17) is 9.40 Å². The lowest BCUT2D eigenvalue weighted by Gasteiger charge is -2.19. The minimum atomic E-state index is -0.0811. The molecule has 0 aliphatic heterocycles. The molecule has 0 bridgehead atoms. The van der Waals surface area contributed by atoms with Gasteiger partial charge in [0.2, 0.25) is 0 Å². The molecule has 154 valence electrons. The van der Waals surface area contributed by atoms with Crippen molar-refractivity contribution in [3.63, 3.8) is 0 Å². The summed E-state index contributed by atoms with van der Waals surface area (Å²) in [6, 6.07) is 17.7. The maximum atomic E-state index is 13.6. The predicted octanol–water partition coefficient (Wildman–Crippen LogP) is 6.96. The van der Waals surface area contributed by atoms with Crippen LogP contribution in [-0.2, 0) is 6.54 Å². The zero-order valence-corrected chi connectivity index (χ0v) is 19.4. The summed E-state index contributed by atoms with van der Waals surface area (Å²) >= 11 is 4.94. The Balaban J connectivity index is 1.74. The maximum Gasteiger partial charge on any atom is 0.260 e. The highest BCUT2D eigenvalue weighted by Gasteiger charge is 2.23. The highest BCUT2D eigenvalue weighted by Crippen LogP contribution is 2.35. The number of carbonyl (C=O) groups is 1. The van der Waals surface area contributed by atoms with Crippen LogP contribution in [0.25, 0.3) is 10.2 Å². The molecule has 4 nitrogen and oxygen atoms in total. The SMILES string of the molecule is CSc1cccc2sc(N(Cc3ccco3)C(=O)c3cccc(SC(C)C)c3)nc12. The van der Waals surface area contributed by atoms with E-state index < -0.39 is 0 Å². The minimum absolute atomic E-state index is 0.0811. The molecule has 0 aliphatic carbocycles. The number of amides is 1. The third kappa shape index (κ3) is 4.58. The van der Waals surface area contributed by atoms with Crippen LogP contribution in [0.3, 0.4) is 0 Å². The number of thiazole rings is 1. The van der Waals surface area contributed by atoms with Gasteiger partial charge in [-0.15, -0.1) is 23.5 Å². The number of rotatable bonds is 7. The standard InChI is InChI=1S/C23H22N2O2S3/c1-15(2)29-18-9-4-7-16(13-18)22(26)25(14-17-8-6-12-27-17)23-24-21-19(28-3)10-5-11-20(21)30-23/h4-13,15H,14H2,1-3H3. The van der Waals surface area contributed by atoms with Crippen LogP contribution >= 0.6 is 34.9 Å². The second-order valence-electron chi connectivity index (χ2n) is 6.97. The van der Waals surface area contributed by atoms with Crippen molar-refractivity contribution in [3.8, 4) is 0 Å². The molecule has 2 aromatic heterocycles. The Kier molecular flexibility index (Phi) is 6.51. The fourth-order valence-corrected chi connectivity index (χ4v) is 5.62. The van der Waals surface area contributed by atoms with Crippen LogP contribution in [0.2, 0.25) is 0 Å². The summed E-state index contributed by atoms with van der Waals surface area (Å²) in [7, 11) is 0. The molecule has 0 unspecified atom stereocenters. The number of para-hydroxylation sites is 1. The highest BCUT2D eigenvalue weighted by molar-refractivity contribution is 8.00. The summed E-state index contributed by atoms with van der Waals surface area (Å²) in [4.78, 5) is 22.3. The molecule has 0 saturated carbocycles. The second kappa shape index (κ2) is 9.29. The quantitative estimate of drug-likeness (QED) is 0.283. The van der Waals surface area contributed by atoms with Crippen molar-refractivity contribution in [3.05, 3.63) is 72.2 Å². The Labute approximate surface area is 188 Å². The third-order valence-electron chi connectivity index (χ3n) is 4.41. The van der Waals surface area contributed by atoms with E-state index in [1.807, 2.05) is 54.8 Å². The van der Waals surface area contributed by atoms with E-state index in [0.29, 0.717) is 22.5 Å². The molecule has 0 atom stereocenters. The number of furan rings is 1. The molecule has 0 spiro atoms. The Morgan fingerprint density at radius 3 is 2.73 bits per heavy atom. The first-order valence-electron chi connectivity index (χ1n) is 9.59. The van der Waals surface area contributed by atoms with Crippen molar-refractivity contribution in [1.82, 2.24) is 4.98 Å². The number of hydrogen-bond donors (Lipinski definition) is 0. The molecule has 0 radical (unpaired) electrons. The third-order valence-corrected chi connectivity index (χ3v) is 7.22. The smallest absolute Gasteiger partial charge is 0.260 e. The van der Waals surface area contributed by atoms with Gasteiger partial charge >= 0.3 is 0 Å². The Hall–Kier alpha value is -2.22. The zero-order chi connectivity index (χ0) is 21.1. The zero-order valence-electron chi connectivity index (χ0n) is 17.0. The van der Waals surface area contributed by atoms with Crippen molar-refractivity contribution < 1.29 is 9.21 Å². The molecule has 4 aromatic rings.